The lowest BCUT2D eigenvalue weighted by atomic mass is 10.1. The zero-order valence-electron chi connectivity index (χ0n) is 10.1. The van der Waals surface area contributed by atoms with E-state index in [0.717, 1.165) is 32.2 Å². The lowest BCUT2D eigenvalue weighted by Gasteiger charge is -2.30. The molecular formula is C11H22N2O3S. The molecule has 0 aromatic heterocycles. The van der Waals surface area contributed by atoms with Crippen LogP contribution in [0.3, 0.4) is 0 Å². The Morgan fingerprint density at radius 3 is 2.71 bits per heavy atom. The number of aliphatic hydroxyl groups excluding tert-OH is 1. The smallest absolute Gasteiger partial charge is 0.218 e. The van der Waals surface area contributed by atoms with Crippen LogP contribution >= 0.6 is 0 Å². The van der Waals surface area contributed by atoms with Crippen LogP contribution in [0.2, 0.25) is 0 Å². The molecule has 2 unspecified atom stereocenters. The van der Waals surface area contributed by atoms with Crippen molar-refractivity contribution >= 4 is 10.0 Å². The van der Waals surface area contributed by atoms with Crippen LogP contribution in [0.15, 0.2) is 0 Å². The highest BCUT2D eigenvalue weighted by Crippen LogP contribution is 2.24. The van der Waals surface area contributed by atoms with Gasteiger partial charge in [0.2, 0.25) is 10.0 Å². The lowest BCUT2D eigenvalue weighted by Crippen LogP contribution is -2.47. The Hall–Kier alpha value is -0.170. The third-order valence-electron chi connectivity index (χ3n) is 3.80. The van der Waals surface area contributed by atoms with Gasteiger partial charge in [0.05, 0.1) is 11.9 Å². The van der Waals surface area contributed by atoms with Crippen LogP contribution in [0.5, 0.6) is 0 Å². The van der Waals surface area contributed by atoms with Crippen LogP contribution in [0.1, 0.15) is 32.1 Å². The molecular weight excluding hydrogens is 240 g/mol. The fraction of sp³-hybridized carbons (Fsp3) is 1.00. The molecule has 0 spiro atoms. The van der Waals surface area contributed by atoms with Crippen molar-refractivity contribution in [1.29, 1.82) is 0 Å². The number of hydrogen-bond donors (Lipinski definition) is 2. The highest BCUT2D eigenvalue weighted by Gasteiger charge is 2.37. The van der Waals surface area contributed by atoms with Gasteiger partial charge >= 0.3 is 0 Å². The Balaban J connectivity index is 2.16. The molecule has 2 heterocycles. The molecule has 5 nitrogen and oxygen atoms in total. The van der Waals surface area contributed by atoms with E-state index >= 15 is 0 Å². The molecule has 0 amide bonds. The molecule has 2 atom stereocenters. The van der Waals surface area contributed by atoms with Gasteiger partial charge in [0.1, 0.15) is 0 Å². The van der Waals surface area contributed by atoms with E-state index in [2.05, 4.69) is 5.32 Å². The van der Waals surface area contributed by atoms with E-state index < -0.39 is 10.0 Å². The molecule has 6 heteroatoms. The minimum atomic E-state index is -3.24. The lowest BCUT2D eigenvalue weighted by molar-refractivity contribution is 0.185. The zero-order chi connectivity index (χ0) is 12.3. The second-order valence-corrected chi connectivity index (χ2v) is 7.12. The second-order valence-electron chi connectivity index (χ2n) is 4.96. The maximum atomic E-state index is 12.5. The van der Waals surface area contributed by atoms with Crippen molar-refractivity contribution in [2.45, 2.75) is 43.4 Å². The molecule has 2 rings (SSSR count). The normalized spacial score (nSPS) is 32.5. The van der Waals surface area contributed by atoms with Crippen molar-refractivity contribution in [1.82, 2.24) is 9.62 Å². The fourth-order valence-corrected chi connectivity index (χ4v) is 4.84. The summed E-state index contributed by atoms with van der Waals surface area (Å²) < 4.78 is 26.5. The largest absolute Gasteiger partial charge is 0.395 e. The molecule has 17 heavy (non-hydrogen) atoms. The monoisotopic (exact) mass is 262 g/mol. The van der Waals surface area contributed by atoms with E-state index in [1.807, 2.05) is 0 Å². The summed E-state index contributed by atoms with van der Waals surface area (Å²) in [7, 11) is -3.24. The zero-order valence-corrected chi connectivity index (χ0v) is 11.0. The molecule has 2 N–H and O–H groups in total. The van der Waals surface area contributed by atoms with Crippen LogP contribution < -0.4 is 5.32 Å². The average Bonchev–Trinajstić information content (AvgIpc) is 2.74. The van der Waals surface area contributed by atoms with Gasteiger partial charge in [0, 0.05) is 19.1 Å². The van der Waals surface area contributed by atoms with Crippen molar-refractivity contribution < 1.29 is 13.5 Å². The minimum Gasteiger partial charge on any atom is -0.395 e. The molecule has 0 aromatic carbocycles. The van der Waals surface area contributed by atoms with E-state index in [9.17, 15) is 13.5 Å². The molecule has 0 bridgehead atoms. The van der Waals surface area contributed by atoms with Crippen LogP contribution in [0, 0.1) is 0 Å². The number of nitrogens with one attached hydrogen (secondary N) is 1. The summed E-state index contributed by atoms with van der Waals surface area (Å²) in [6, 6.07) is -0.205. The van der Waals surface area contributed by atoms with Gasteiger partial charge in [-0.15, -0.1) is 0 Å². The first-order valence-corrected chi connectivity index (χ1v) is 7.99. The number of sulfonamides is 1. The van der Waals surface area contributed by atoms with Gasteiger partial charge in [0.25, 0.3) is 0 Å². The van der Waals surface area contributed by atoms with E-state index in [4.69, 9.17) is 0 Å². The Morgan fingerprint density at radius 2 is 2.06 bits per heavy atom. The van der Waals surface area contributed by atoms with Gasteiger partial charge in [-0.3, -0.25) is 0 Å². The standard InChI is InChI=1S/C11H22N2O3S/c14-9-10-4-2-1-3-7-13(10)17(15,16)11-5-6-12-8-11/h10-12,14H,1-9H2. The first-order valence-electron chi connectivity index (χ1n) is 6.48. The summed E-state index contributed by atoms with van der Waals surface area (Å²) in [5.41, 5.74) is 0. The summed E-state index contributed by atoms with van der Waals surface area (Å²) in [5.74, 6) is 0. The number of hydrogen-bond acceptors (Lipinski definition) is 4. The van der Waals surface area contributed by atoms with Gasteiger partial charge in [-0.1, -0.05) is 12.8 Å². The summed E-state index contributed by atoms with van der Waals surface area (Å²) in [4.78, 5) is 0. The predicted molar refractivity (Wildman–Crippen MR) is 66.2 cm³/mol. The fourth-order valence-electron chi connectivity index (χ4n) is 2.74. The summed E-state index contributed by atoms with van der Waals surface area (Å²) in [5, 5.41) is 12.2. The quantitative estimate of drug-likeness (QED) is 0.746. The number of rotatable bonds is 3. The van der Waals surface area contributed by atoms with Gasteiger partial charge in [-0.2, -0.15) is 4.31 Å². The minimum absolute atomic E-state index is 0.0562. The topological polar surface area (TPSA) is 69.6 Å². The Kier molecular flexibility index (Phi) is 4.41. The molecule has 2 fully saturated rings. The van der Waals surface area contributed by atoms with Crippen molar-refractivity contribution in [2.24, 2.45) is 0 Å². The van der Waals surface area contributed by atoms with Crippen LogP contribution in [0.25, 0.3) is 0 Å². The Morgan fingerprint density at radius 1 is 1.24 bits per heavy atom. The molecule has 2 aliphatic heterocycles. The van der Waals surface area contributed by atoms with Crippen LogP contribution in [-0.2, 0) is 10.0 Å². The predicted octanol–water partition coefficient (Wildman–Crippen LogP) is -0.0850. The van der Waals surface area contributed by atoms with E-state index in [1.165, 1.54) is 0 Å². The van der Waals surface area contributed by atoms with Gasteiger partial charge in [-0.05, 0) is 25.8 Å². The maximum Gasteiger partial charge on any atom is 0.218 e. The highest BCUT2D eigenvalue weighted by molar-refractivity contribution is 7.89. The SMILES string of the molecule is O=S(=O)(C1CCNC1)N1CCCCCC1CO. The molecule has 2 saturated heterocycles. The molecule has 0 saturated carbocycles. The van der Waals surface area contributed by atoms with E-state index in [-0.39, 0.29) is 17.9 Å². The first-order chi connectivity index (χ1) is 8.16. The molecule has 0 aliphatic carbocycles. The Labute approximate surface area is 103 Å². The summed E-state index contributed by atoms with van der Waals surface area (Å²) in [6.07, 6.45) is 4.47. The third-order valence-corrected chi connectivity index (χ3v) is 6.18. The van der Waals surface area contributed by atoms with Crippen molar-refractivity contribution in [3.05, 3.63) is 0 Å². The first kappa shape index (κ1) is 13.3. The summed E-state index contributed by atoms with van der Waals surface area (Å²) >= 11 is 0. The van der Waals surface area contributed by atoms with Gasteiger partial charge in [0.15, 0.2) is 0 Å². The van der Waals surface area contributed by atoms with Crippen LogP contribution in [-0.4, -0.2) is 55.4 Å². The average molecular weight is 262 g/mol. The van der Waals surface area contributed by atoms with Crippen molar-refractivity contribution in [3.63, 3.8) is 0 Å². The summed E-state index contributed by atoms with van der Waals surface area (Å²) in [6.45, 7) is 1.85. The van der Waals surface area contributed by atoms with Gasteiger partial charge < -0.3 is 10.4 Å². The molecule has 0 radical (unpaired) electrons. The highest BCUT2D eigenvalue weighted by atomic mass is 32.2. The second kappa shape index (κ2) is 5.65. The number of nitrogens with zero attached hydrogens (tertiary/aromatic N) is 1. The van der Waals surface area contributed by atoms with E-state index in [1.54, 1.807) is 4.31 Å². The van der Waals surface area contributed by atoms with Crippen LogP contribution in [0.4, 0.5) is 0 Å². The Bertz CT molecular complexity index is 339. The van der Waals surface area contributed by atoms with Gasteiger partial charge in [-0.25, -0.2) is 8.42 Å². The third kappa shape index (κ3) is 2.81. The number of aliphatic hydroxyl groups is 1. The van der Waals surface area contributed by atoms with Crippen molar-refractivity contribution in [3.8, 4) is 0 Å². The van der Waals surface area contributed by atoms with E-state index in [0.29, 0.717) is 19.5 Å². The maximum absolute atomic E-state index is 12.5. The molecule has 2 aliphatic rings. The van der Waals surface area contributed by atoms with Crippen molar-refractivity contribution in [2.75, 3.05) is 26.2 Å². The molecule has 0 aromatic rings. The molecule has 100 valence electrons.